The minimum Gasteiger partial charge on any atom is -0.490 e. The molecule has 1 N–H and O–H groups in total. The number of ether oxygens (including phenoxy) is 2. The fourth-order valence-electron chi connectivity index (χ4n) is 1.46. The van der Waals surface area contributed by atoms with Crippen molar-refractivity contribution in [2.75, 3.05) is 26.4 Å². The van der Waals surface area contributed by atoms with Crippen LogP contribution >= 0.6 is 15.9 Å². The fraction of sp³-hybridized carbons (Fsp3) is 0.538. The number of nitrogens with one attached hydrogen (secondary N) is 1. The Kier molecular flexibility index (Phi) is 7.24. The fourth-order valence-corrected chi connectivity index (χ4v) is 1.98. The van der Waals surface area contributed by atoms with E-state index in [4.69, 9.17) is 9.47 Å². The Morgan fingerprint density at radius 3 is 2.76 bits per heavy atom. The molecule has 4 heteroatoms. The zero-order chi connectivity index (χ0) is 12.5. The summed E-state index contributed by atoms with van der Waals surface area (Å²) in [5, 5.41) is 3.30. The molecule has 0 aliphatic rings. The molecule has 3 nitrogen and oxygen atoms in total. The number of halogens is 1. The molecule has 0 amide bonds. The van der Waals surface area contributed by atoms with Crippen LogP contribution in [0, 0.1) is 0 Å². The first kappa shape index (κ1) is 14.5. The first-order valence-electron chi connectivity index (χ1n) is 5.98. The van der Waals surface area contributed by atoms with Gasteiger partial charge in [0.1, 0.15) is 12.4 Å². The van der Waals surface area contributed by atoms with Crippen molar-refractivity contribution in [1.29, 1.82) is 0 Å². The summed E-state index contributed by atoms with van der Waals surface area (Å²) in [7, 11) is 0. The highest BCUT2D eigenvalue weighted by molar-refractivity contribution is 9.10. The summed E-state index contributed by atoms with van der Waals surface area (Å²) in [6.45, 7) is 7.77. The van der Waals surface area contributed by atoms with Gasteiger partial charge in [0, 0.05) is 18.7 Å². The summed E-state index contributed by atoms with van der Waals surface area (Å²) in [5.41, 5.74) is 1.16. The maximum Gasteiger partial charge on any atom is 0.138 e. The van der Waals surface area contributed by atoms with Crippen LogP contribution in [0.25, 0.3) is 0 Å². The quantitative estimate of drug-likeness (QED) is 0.749. The number of benzene rings is 1. The molecule has 0 unspecified atom stereocenters. The lowest BCUT2D eigenvalue weighted by molar-refractivity contribution is 0.109. The number of para-hydroxylation sites is 1. The van der Waals surface area contributed by atoms with E-state index in [9.17, 15) is 0 Å². The lowest BCUT2D eigenvalue weighted by Gasteiger charge is -2.13. The van der Waals surface area contributed by atoms with Gasteiger partial charge in [-0.05, 0) is 35.5 Å². The van der Waals surface area contributed by atoms with Crippen LogP contribution in [-0.2, 0) is 11.3 Å². The molecular weight excluding hydrogens is 282 g/mol. The van der Waals surface area contributed by atoms with E-state index in [1.807, 2.05) is 19.1 Å². The largest absolute Gasteiger partial charge is 0.490 e. The predicted octanol–water partition coefficient (Wildman–Crippen LogP) is 2.97. The summed E-state index contributed by atoms with van der Waals surface area (Å²) in [6.07, 6.45) is 0. The summed E-state index contributed by atoms with van der Waals surface area (Å²) in [4.78, 5) is 0. The summed E-state index contributed by atoms with van der Waals surface area (Å²) < 4.78 is 12.0. The highest BCUT2D eigenvalue weighted by Crippen LogP contribution is 2.28. The van der Waals surface area contributed by atoms with Gasteiger partial charge in [0.2, 0.25) is 0 Å². The van der Waals surface area contributed by atoms with Gasteiger partial charge in [-0.3, -0.25) is 0 Å². The molecule has 0 saturated carbocycles. The third-order valence-electron chi connectivity index (χ3n) is 2.29. The minimum atomic E-state index is 0.579. The second-order valence-electron chi connectivity index (χ2n) is 3.55. The molecule has 0 heterocycles. The average molecular weight is 302 g/mol. The average Bonchev–Trinajstić information content (AvgIpc) is 2.34. The standard InChI is InChI=1S/C13H20BrNO2/c1-3-15-10-11-6-5-7-12(14)13(11)17-9-8-16-4-2/h5-7,15H,3-4,8-10H2,1-2H3. The second kappa shape index (κ2) is 8.50. The Balaban J connectivity index is 2.60. The van der Waals surface area contributed by atoms with Gasteiger partial charge >= 0.3 is 0 Å². The number of hydrogen-bond acceptors (Lipinski definition) is 3. The molecule has 0 aliphatic carbocycles. The Morgan fingerprint density at radius 2 is 2.06 bits per heavy atom. The van der Waals surface area contributed by atoms with Crippen LogP contribution in [-0.4, -0.2) is 26.4 Å². The van der Waals surface area contributed by atoms with Crippen molar-refractivity contribution in [2.45, 2.75) is 20.4 Å². The molecule has 0 spiro atoms. The third-order valence-corrected chi connectivity index (χ3v) is 2.92. The smallest absolute Gasteiger partial charge is 0.138 e. The van der Waals surface area contributed by atoms with Crippen molar-refractivity contribution in [3.05, 3.63) is 28.2 Å². The van der Waals surface area contributed by atoms with Crippen molar-refractivity contribution in [1.82, 2.24) is 5.32 Å². The molecule has 1 rings (SSSR count). The SMILES string of the molecule is CCNCc1cccc(Br)c1OCCOCC. The van der Waals surface area contributed by atoms with Gasteiger partial charge in [-0.1, -0.05) is 19.1 Å². The zero-order valence-electron chi connectivity index (χ0n) is 10.5. The van der Waals surface area contributed by atoms with Crippen molar-refractivity contribution in [2.24, 2.45) is 0 Å². The first-order chi connectivity index (χ1) is 8.29. The van der Waals surface area contributed by atoms with Crippen molar-refractivity contribution >= 4 is 15.9 Å². The summed E-state index contributed by atoms with van der Waals surface area (Å²) in [5.74, 6) is 0.910. The van der Waals surface area contributed by atoms with Crippen molar-refractivity contribution in [3.8, 4) is 5.75 Å². The van der Waals surface area contributed by atoms with Gasteiger partial charge < -0.3 is 14.8 Å². The van der Waals surface area contributed by atoms with E-state index in [0.29, 0.717) is 13.2 Å². The van der Waals surface area contributed by atoms with E-state index in [1.165, 1.54) is 0 Å². The van der Waals surface area contributed by atoms with E-state index in [1.54, 1.807) is 0 Å². The Morgan fingerprint density at radius 1 is 1.24 bits per heavy atom. The Hall–Kier alpha value is -0.580. The van der Waals surface area contributed by atoms with Gasteiger partial charge in [-0.2, -0.15) is 0 Å². The van der Waals surface area contributed by atoms with Crippen LogP contribution in [0.3, 0.4) is 0 Å². The highest BCUT2D eigenvalue weighted by Gasteiger charge is 2.07. The van der Waals surface area contributed by atoms with Crippen LogP contribution in [0.2, 0.25) is 0 Å². The molecule has 1 aromatic carbocycles. The van der Waals surface area contributed by atoms with Crippen LogP contribution in [0.5, 0.6) is 5.75 Å². The topological polar surface area (TPSA) is 30.5 Å². The molecule has 1 aromatic rings. The molecular formula is C13H20BrNO2. The number of rotatable bonds is 8. The lowest BCUT2D eigenvalue weighted by atomic mass is 10.2. The van der Waals surface area contributed by atoms with E-state index in [0.717, 1.165) is 35.5 Å². The highest BCUT2D eigenvalue weighted by atomic mass is 79.9. The van der Waals surface area contributed by atoms with Crippen LogP contribution < -0.4 is 10.1 Å². The van der Waals surface area contributed by atoms with E-state index in [2.05, 4.69) is 34.2 Å². The predicted molar refractivity (Wildman–Crippen MR) is 73.5 cm³/mol. The summed E-state index contributed by atoms with van der Waals surface area (Å²) >= 11 is 3.51. The van der Waals surface area contributed by atoms with Crippen LogP contribution in [0.4, 0.5) is 0 Å². The molecule has 0 radical (unpaired) electrons. The Bertz CT molecular complexity index is 331. The lowest BCUT2D eigenvalue weighted by Crippen LogP contribution is -2.14. The van der Waals surface area contributed by atoms with E-state index < -0.39 is 0 Å². The molecule has 0 fully saturated rings. The van der Waals surface area contributed by atoms with Gasteiger partial charge in [0.05, 0.1) is 11.1 Å². The zero-order valence-corrected chi connectivity index (χ0v) is 12.0. The van der Waals surface area contributed by atoms with E-state index in [-0.39, 0.29) is 0 Å². The maximum absolute atomic E-state index is 5.76. The monoisotopic (exact) mass is 301 g/mol. The van der Waals surface area contributed by atoms with Crippen LogP contribution in [0.15, 0.2) is 22.7 Å². The first-order valence-corrected chi connectivity index (χ1v) is 6.77. The molecule has 0 bridgehead atoms. The van der Waals surface area contributed by atoms with Gasteiger partial charge in [0.25, 0.3) is 0 Å². The maximum atomic E-state index is 5.76. The molecule has 96 valence electrons. The Labute approximate surface area is 112 Å². The molecule has 0 aliphatic heterocycles. The van der Waals surface area contributed by atoms with Gasteiger partial charge in [-0.25, -0.2) is 0 Å². The van der Waals surface area contributed by atoms with Crippen molar-refractivity contribution in [3.63, 3.8) is 0 Å². The minimum absolute atomic E-state index is 0.579. The molecule has 17 heavy (non-hydrogen) atoms. The summed E-state index contributed by atoms with van der Waals surface area (Å²) in [6, 6.07) is 6.08. The van der Waals surface area contributed by atoms with Gasteiger partial charge in [-0.15, -0.1) is 0 Å². The number of hydrogen-bond donors (Lipinski definition) is 1. The van der Waals surface area contributed by atoms with Gasteiger partial charge in [0.15, 0.2) is 0 Å². The van der Waals surface area contributed by atoms with Crippen molar-refractivity contribution < 1.29 is 9.47 Å². The van der Waals surface area contributed by atoms with E-state index >= 15 is 0 Å². The second-order valence-corrected chi connectivity index (χ2v) is 4.41. The normalized spacial score (nSPS) is 10.5. The molecule has 0 aromatic heterocycles. The molecule has 0 atom stereocenters. The third kappa shape index (κ3) is 5.06. The molecule has 0 saturated heterocycles. The van der Waals surface area contributed by atoms with Crippen LogP contribution in [0.1, 0.15) is 19.4 Å².